The number of nitrogens with one attached hydrogen (secondary N) is 1. The maximum absolute atomic E-state index is 12.1. The molecule has 0 fully saturated rings. The number of hydrogen-bond acceptors (Lipinski definition) is 2. The minimum Gasteiger partial charge on any atom is -0.481 e. The third-order valence-electron chi connectivity index (χ3n) is 3.12. The van der Waals surface area contributed by atoms with Crippen LogP contribution in [0.2, 0.25) is 5.02 Å². The van der Waals surface area contributed by atoms with Gasteiger partial charge in [0, 0.05) is 0 Å². The molecule has 3 nitrogen and oxygen atoms in total. The molecule has 0 aliphatic rings. The second-order valence-corrected chi connectivity index (χ2v) is 5.14. The molecule has 2 rings (SSSR count). The zero-order chi connectivity index (χ0) is 15.2. The van der Waals surface area contributed by atoms with E-state index in [0.717, 1.165) is 6.42 Å². The van der Waals surface area contributed by atoms with E-state index in [1.165, 1.54) is 5.56 Å². The fourth-order valence-corrected chi connectivity index (χ4v) is 2.08. The molecule has 1 amide bonds. The Bertz CT molecular complexity index is 628. The van der Waals surface area contributed by atoms with E-state index in [1.807, 2.05) is 36.4 Å². The van der Waals surface area contributed by atoms with Crippen molar-refractivity contribution in [3.63, 3.8) is 0 Å². The molecular weight excluding hydrogens is 286 g/mol. The summed E-state index contributed by atoms with van der Waals surface area (Å²) in [4.78, 5) is 12.1. The van der Waals surface area contributed by atoms with Crippen molar-refractivity contribution in [1.29, 1.82) is 0 Å². The standard InChI is InChI=1S/C17H18ClNO2/c1-3-13-7-6-8-14(11-13)21-12(2)17(20)19-16-10-5-4-9-15(16)18/h4-12H,3H2,1-2H3,(H,19,20). The van der Waals surface area contributed by atoms with Crippen LogP contribution in [0, 0.1) is 0 Å². The molecule has 0 radical (unpaired) electrons. The minimum atomic E-state index is -0.603. The molecule has 1 unspecified atom stereocenters. The summed E-state index contributed by atoms with van der Waals surface area (Å²) in [6, 6.07) is 14.9. The highest BCUT2D eigenvalue weighted by Crippen LogP contribution is 2.21. The van der Waals surface area contributed by atoms with Crippen molar-refractivity contribution in [2.75, 3.05) is 5.32 Å². The van der Waals surface area contributed by atoms with E-state index in [2.05, 4.69) is 12.2 Å². The molecule has 0 aliphatic carbocycles. The summed E-state index contributed by atoms with van der Waals surface area (Å²) in [6.45, 7) is 3.79. The molecule has 0 aromatic heterocycles. The number of aryl methyl sites for hydroxylation is 1. The molecule has 0 aliphatic heterocycles. The average Bonchev–Trinajstić information content (AvgIpc) is 2.49. The molecule has 0 spiro atoms. The Labute approximate surface area is 129 Å². The van der Waals surface area contributed by atoms with E-state index >= 15 is 0 Å². The Balaban J connectivity index is 2.01. The summed E-state index contributed by atoms with van der Waals surface area (Å²) in [7, 11) is 0. The SMILES string of the molecule is CCc1cccc(OC(C)C(=O)Nc2ccccc2Cl)c1. The van der Waals surface area contributed by atoms with Crippen molar-refractivity contribution in [1.82, 2.24) is 0 Å². The third-order valence-corrected chi connectivity index (χ3v) is 3.45. The van der Waals surface area contributed by atoms with Crippen LogP contribution in [0.4, 0.5) is 5.69 Å². The second kappa shape index (κ2) is 7.14. The van der Waals surface area contributed by atoms with Crippen molar-refractivity contribution in [2.45, 2.75) is 26.4 Å². The van der Waals surface area contributed by atoms with Crippen LogP contribution in [0.25, 0.3) is 0 Å². The highest BCUT2D eigenvalue weighted by molar-refractivity contribution is 6.33. The molecule has 1 atom stereocenters. The Hall–Kier alpha value is -2.00. The number of para-hydroxylation sites is 1. The van der Waals surface area contributed by atoms with Crippen LogP contribution >= 0.6 is 11.6 Å². The quantitative estimate of drug-likeness (QED) is 0.894. The van der Waals surface area contributed by atoms with Gasteiger partial charge in [-0.25, -0.2) is 0 Å². The van der Waals surface area contributed by atoms with Crippen LogP contribution in [0.3, 0.4) is 0 Å². The Morgan fingerprint density at radius 1 is 1.24 bits per heavy atom. The van der Waals surface area contributed by atoms with Crippen LogP contribution in [0.15, 0.2) is 48.5 Å². The van der Waals surface area contributed by atoms with Gasteiger partial charge in [-0.05, 0) is 43.2 Å². The lowest BCUT2D eigenvalue weighted by atomic mass is 10.2. The van der Waals surface area contributed by atoms with Crippen molar-refractivity contribution in [3.05, 3.63) is 59.1 Å². The van der Waals surface area contributed by atoms with Crippen LogP contribution in [0.1, 0.15) is 19.4 Å². The highest BCUT2D eigenvalue weighted by Gasteiger charge is 2.16. The summed E-state index contributed by atoms with van der Waals surface area (Å²) in [5, 5.41) is 3.27. The first-order valence-electron chi connectivity index (χ1n) is 6.91. The molecule has 1 N–H and O–H groups in total. The lowest BCUT2D eigenvalue weighted by molar-refractivity contribution is -0.122. The van der Waals surface area contributed by atoms with E-state index in [4.69, 9.17) is 16.3 Å². The van der Waals surface area contributed by atoms with E-state index in [1.54, 1.807) is 19.1 Å². The molecule has 4 heteroatoms. The molecule has 0 heterocycles. The molecule has 0 bridgehead atoms. The zero-order valence-corrected chi connectivity index (χ0v) is 12.9. The van der Waals surface area contributed by atoms with Crippen molar-refractivity contribution >= 4 is 23.2 Å². The van der Waals surface area contributed by atoms with Crippen molar-refractivity contribution < 1.29 is 9.53 Å². The van der Waals surface area contributed by atoms with Gasteiger partial charge in [-0.3, -0.25) is 4.79 Å². The van der Waals surface area contributed by atoms with Gasteiger partial charge in [0.1, 0.15) is 5.75 Å². The van der Waals surface area contributed by atoms with Crippen LogP contribution in [0.5, 0.6) is 5.75 Å². The van der Waals surface area contributed by atoms with Gasteiger partial charge >= 0.3 is 0 Å². The first-order chi connectivity index (χ1) is 10.1. The van der Waals surface area contributed by atoms with Crippen molar-refractivity contribution in [3.8, 4) is 5.75 Å². The Morgan fingerprint density at radius 3 is 2.71 bits per heavy atom. The molecule has 0 saturated carbocycles. The van der Waals surface area contributed by atoms with Gasteiger partial charge in [0.15, 0.2) is 6.10 Å². The predicted molar refractivity (Wildman–Crippen MR) is 86.0 cm³/mol. The smallest absolute Gasteiger partial charge is 0.265 e. The normalized spacial score (nSPS) is 11.8. The van der Waals surface area contributed by atoms with E-state index in [9.17, 15) is 4.79 Å². The minimum absolute atomic E-state index is 0.231. The molecular formula is C17H18ClNO2. The number of carbonyl (C=O) groups is 1. The Morgan fingerprint density at radius 2 is 2.00 bits per heavy atom. The number of ether oxygens (including phenoxy) is 1. The molecule has 110 valence electrons. The summed E-state index contributed by atoms with van der Waals surface area (Å²) >= 11 is 6.02. The number of hydrogen-bond donors (Lipinski definition) is 1. The van der Waals surface area contributed by atoms with Gasteiger partial charge in [0.25, 0.3) is 5.91 Å². The van der Waals surface area contributed by atoms with E-state index < -0.39 is 6.10 Å². The fourth-order valence-electron chi connectivity index (χ4n) is 1.89. The largest absolute Gasteiger partial charge is 0.481 e. The number of anilines is 1. The topological polar surface area (TPSA) is 38.3 Å². The van der Waals surface area contributed by atoms with Gasteiger partial charge in [0.05, 0.1) is 10.7 Å². The highest BCUT2D eigenvalue weighted by atomic mass is 35.5. The lowest BCUT2D eigenvalue weighted by Crippen LogP contribution is -2.30. The summed E-state index contributed by atoms with van der Waals surface area (Å²) in [5.74, 6) is 0.459. The second-order valence-electron chi connectivity index (χ2n) is 4.73. The monoisotopic (exact) mass is 303 g/mol. The van der Waals surface area contributed by atoms with Crippen molar-refractivity contribution in [2.24, 2.45) is 0 Å². The number of rotatable bonds is 5. The average molecular weight is 304 g/mol. The van der Waals surface area contributed by atoms with Crippen LogP contribution in [-0.4, -0.2) is 12.0 Å². The Kier molecular flexibility index (Phi) is 5.23. The number of benzene rings is 2. The maximum atomic E-state index is 12.1. The van der Waals surface area contributed by atoms with Gasteiger partial charge < -0.3 is 10.1 Å². The first-order valence-corrected chi connectivity index (χ1v) is 7.29. The van der Waals surface area contributed by atoms with E-state index in [0.29, 0.717) is 16.5 Å². The van der Waals surface area contributed by atoms with Gasteiger partial charge in [-0.1, -0.05) is 42.8 Å². The number of carbonyl (C=O) groups excluding carboxylic acids is 1. The third kappa shape index (κ3) is 4.23. The number of halogens is 1. The first kappa shape index (κ1) is 15.4. The molecule has 0 saturated heterocycles. The molecule has 2 aromatic rings. The van der Waals surface area contributed by atoms with Crippen LogP contribution < -0.4 is 10.1 Å². The maximum Gasteiger partial charge on any atom is 0.265 e. The van der Waals surface area contributed by atoms with E-state index in [-0.39, 0.29) is 5.91 Å². The fraction of sp³-hybridized carbons (Fsp3) is 0.235. The molecule has 21 heavy (non-hydrogen) atoms. The predicted octanol–water partition coefficient (Wildman–Crippen LogP) is 4.31. The molecule has 2 aromatic carbocycles. The summed E-state index contributed by atoms with van der Waals surface area (Å²) in [5.41, 5.74) is 1.76. The lowest BCUT2D eigenvalue weighted by Gasteiger charge is -2.15. The van der Waals surface area contributed by atoms with Gasteiger partial charge in [-0.15, -0.1) is 0 Å². The van der Waals surface area contributed by atoms with Gasteiger partial charge in [0.2, 0.25) is 0 Å². The summed E-state index contributed by atoms with van der Waals surface area (Å²) < 4.78 is 5.68. The zero-order valence-electron chi connectivity index (χ0n) is 12.1. The summed E-state index contributed by atoms with van der Waals surface area (Å²) in [6.07, 6.45) is 0.325. The van der Waals surface area contributed by atoms with Gasteiger partial charge in [-0.2, -0.15) is 0 Å². The van der Waals surface area contributed by atoms with Crippen LogP contribution in [-0.2, 0) is 11.2 Å². The number of amides is 1.